The fourth-order valence-electron chi connectivity index (χ4n) is 2.99. The van der Waals surface area contributed by atoms with Crippen LogP contribution in [0.25, 0.3) is 0 Å². The number of carbonyl (C=O) groups is 1. The van der Waals surface area contributed by atoms with Crippen LogP contribution in [0, 0.1) is 12.8 Å². The molecule has 2 rings (SSSR count). The van der Waals surface area contributed by atoms with E-state index in [1.54, 1.807) is 12.0 Å². The van der Waals surface area contributed by atoms with Crippen LogP contribution in [0.5, 0.6) is 5.75 Å². The number of aliphatic hydroxyl groups excluding tert-OH is 1. The zero-order valence-corrected chi connectivity index (χ0v) is 13.6. The van der Waals surface area contributed by atoms with Crippen molar-refractivity contribution in [3.8, 4) is 5.75 Å². The van der Waals surface area contributed by atoms with Gasteiger partial charge in [-0.05, 0) is 56.2 Å². The fraction of sp³-hybridized carbons (Fsp3) is 0.588. The molecule has 0 unspecified atom stereocenters. The summed E-state index contributed by atoms with van der Waals surface area (Å²) in [4.78, 5) is 14.2. The molecule has 1 aliphatic carbocycles. The summed E-state index contributed by atoms with van der Waals surface area (Å²) in [5.74, 6) is 1.07. The largest absolute Gasteiger partial charge is 0.495 e. The van der Waals surface area contributed by atoms with Gasteiger partial charge in [0.1, 0.15) is 5.75 Å². The molecule has 0 bridgehead atoms. The molecule has 0 heterocycles. The van der Waals surface area contributed by atoms with Crippen molar-refractivity contribution in [3.05, 3.63) is 23.8 Å². The quantitative estimate of drug-likeness (QED) is 0.899. The Morgan fingerprint density at radius 2 is 2.05 bits per heavy atom. The van der Waals surface area contributed by atoms with Gasteiger partial charge in [0.05, 0.1) is 12.8 Å². The average molecular weight is 306 g/mol. The van der Waals surface area contributed by atoms with Crippen molar-refractivity contribution in [1.29, 1.82) is 0 Å². The van der Waals surface area contributed by atoms with Gasteiger partial charge in [-0.1, -0.05) is 6.07 Å². The minimum atomic E-state index is -0.116. The second kappa shape index (κ2) is 7.49. The molecule has 0 spiro atoms. The molecule has 1 saturated carbocycles. The van der Waals surface area contributed by atoms with Gasteiger partial charge in [-0.25, -0.2) is 4.79 Å². The van der Waals surface area contributed by atoms with Gasteiger partial charge < -0.3 is 20.1 Å². The highest BCUT2D eigenvalue weighted by molar-refractivity contribution is 5.91. The summed E-state index contributed by atoms with van der Waals surface area (Å²) in [6.07, 6.45) is 3.85. The summed E-state index contributed by atoms with van der Waals surface area (Å²) in [5, 5.41) is 12.1. The summed E-state index contributed by atoms with van der Waals surface area (Å²) < 4.78 is 5.32. The Labute approximate surface area is 132 Å². The Balaban J connectivity index is 1.97. The van der Waals surface area contributed by atoms with E-state index in [0.29, 0.717) is 17.4 Å². The van der Waals surface area contributed by atoms with Crippen molar-refractivity contribution in [2.24, 2.45) is 5.92 Å². The molecule has 0 radical (unpaired) electrons. The van der Waals surface area contributed by atoms with E-state index < -0.39 is 0 Å². The van der Waals surface area contributed by atoms with Gasteiger partial charge in [0.25, 0.3) is 0 Å². The summed E-state index contributed by atoms with van der Waals surface area (Å²) in [6.45, 7) is 2.24. The third-order valence-corrected chi connectivity index (χ3v) is 4.54. The molecule has 0 aliphatic heterocycles. The Bertz CT molecular complexity index is 511. The van der Waals surface area contributed by atoms with Crippen LogP contribution in [0.4, 0.5) is 10.5 Å². The number of nitrogens with zero attached hydrogens (tertiary/aromatic N) is 1. The van der Waals surface area contributed by atoms with Gasteiger partial charge >= 0.3 is 6.03 Å². The molecule has 2 amide bonds. The summed E-state index contributed by atoms with van der Waals surface area (Å²) in [5.41, 5.74) is 1.78. The highest BCUT2D eigenvalue weighted by atomic mass is 16.5. The number of urea groups is 1. The number of benzene rings is 1. The first-order valence-corrected chi connectivity index (χ1v) is 7.84. The van der Waals surface area contributed by atoms with E-state index in [9.17, 15) is 9.90 Å². The predicted octanol–water partition coefficient (Wildman–Crippen LogP) is 3.02. The van der Waals surface area contributed by atoms with E-state index in [0.717, 1.165) is 31.2 Å². The SMILES string of the molecule is COc1cc(C)ccc1NC(=O)N(C)C1CCC(CO)CC1. The van der Waals surface area contributed by atoms with E-state index in [4.69, 9.17) is 4.74 Å². The van der Waals surface area contributed by atoms with E-state index in [1.165, 1.54) is 0 Å². The molecule has 0 atom stereocenters. The molecule has 22 heavy (non-hydrogen) atoms. The maximum atomic E-state index is 12.4. The number of anilines is 1. The molecule has 0 saturated heterocycles. The zero-order valence-electron chi connectivity index (χ0n) is 13.6. The van der Waals surface area contributed by atoms with Crippen LogP contribution in [0.1, 0.15) is 31.2 Å². The lowest BCUT2D eigenvalue weighted by Crippen LogP contribution is -2.42. The number of aryl methyl sites for hydroxylation is 1. The lowest BCUT2D eigenvalue weighted by molar-refractivity contribution is 0.139. The van der Waals surface area contributed by atoms with E-state index >= 15 is 0 Å². The molecule has 5 heteroatoms. The van der Waals surface area contributed by atoms with Crippen LogP contribution in [-0.2, 0) is 0 Å². The maximum absolute atomic E-state index is 12.4. The average Bonchev–Trinajstić information content (AvgIpc) is 2.55. The first kappa shape index (κ1) is 16.6. The van der Waals surface area contributed by atoms with E-state index in [2.05, 4.69) is 5.32 Å². The van der Waals surface area contributed by atoms with Crippen molar-refractivity contribution in [2.45, 2.75) is 38.6 Å². The Morgan fingerprint density at radius 1 is 1.36 bits per heavy atom. The van der Waals surface area contributed by atoms with Crippen LogP contribution >= 0.6 is 0 Å². The van der Waals surface area contributed by atoms with E-state index in [-0.39, 0.29) is 18.7 Å². The number of rotatable bonds is 4. The van der Waals surface area contributed by atoms with Gasteiger partial charge in [-0.15, -0.1) is 0 Å². The number of amides is 2. The summed E-state index contributed by atoms with van der Waals surface area (Å²) in [6, 6.07) is 5.84. The normalized spacial score (nSPS) is 21.3. The van der Waals surface area contributed by atoms with Crippen LogP contribution in [0.15, 0.2) is 18.2 Å². The number of hydrogen-bond donors (Lipinski definition) is 2. The molecule has 2 N–H and O–H groups in total. The lowest BCUT2D eigenvalue weighted by Gasteiger charge is -2.34. The van der Waals surface area contributed by atoms with Gasteiger partial charge in [0.15, 0.2) is 0 Å². The molecule has 122 valence electrons. The van der Waals surface area contributed by atoms with Gasteiger partial charge in [0.2, 0.25) is 0 Å². The minimum absolute atomic E-state index is 0.116. The van der Waals surface area contributed by atoms with Crippen molar-refractivity contribution in [2.75, 3.05) is 26.1 Å². The molecule has 1 aromatic carbocycles. The molecular weight excluding hydrogens is 280 g/mol. The predicted molar refractivity (Wildman–Crippen MR) is 87.3 cm³/mol. The first-order chi connectivity index (χ1) is 10.5. The first-order valence-electron chi connectivity index (χ1n) is 7.84. The van der Waals surface area contributed by atoms with Crippen molar-refractivity contribution in [3.63, 3.8) is 0 Å². The fourth-order valence-corrected chi connectivity index (χ4v) is 2.99. The number of methoxy groups -OCH3 is 1. The van der Waals surface area contributed by atoms with Gasteiger partial charge in [-0.2, -0.15) is 0 Å². The van der Waals surface area contributed by atoms with Crippen molar-refractivity contribution >= 4 is 11.7 Å². The van der Waals surface area contributed by atoms with Crippen molar-refractivity contribution in [1.82, 2.24) is 4.90 Å². The summed E-state index contributed by atoms with van der Waals surface area (Å²) in [7, 11) is 3.43. The summed E-state index contributed by atoms with van der Waals surface area (Å²) >= 11 is 0. The smallest absolute Gasteiger partial charge is 0.321 e. The number of hydrogen-bond acceptors (Lipinski definition) is 3. The Kier molecular flexibility index (Phi) is 5.66. The lowest BCUT2D eigenvalue weighted by atomic mass is 9.86. The maximum Gasteiger partial charge on any atom is 0.321 e. The topological polar surface area (TPSA) is 61.8 Å². The Morgan fingerprint density at radius 3 is 2.64 bits per heavy atom. The van der Waals surface area contributed by atoms with Crippen LogP contribution in [0.2, 0.25) is 0 Å². The minimum Gasteiger partial charge on any atom is -0.495 e. The Hall–Kier alpha value is -1.75. The molecule has 1 fully saturated rings. The van der Waals surface area contributed by atoms with Crippen LogP contribution < -0.4 is 10.1 Å². The van der Waals surface area contributed by atoms with Gasteiger partial charge in [0, 0.05) is 19.7 Å². The third-order valence-electron chi connectivity index (χ3n) is 4.54. The molecular formula is C17H26N2O3. The molecule has 5 nitrogen and oxygen atoms in total. The molecule has 0 aromatic heterocycles. The third kappa shape index (κ3) is 3.91. The standard InChI is InChI=1S/C17H26N2O3/c1-12-4-9-15(16(10-12)22-3)18-17(21)19(2)14-7-5-13(11-20)6-8-14/h4,9-10,13-14,20H,5-8,11H2,1-3H3,(H,18,21). The van der Waals surface area contributed by atoms with Crippen LogP contribution in [-0.4, -0.2) is 42.8 Å². The number of nitrogens with one attached hydrogen (secondary N) is 1. The second-order valence-corrected chi connectivity index (χ2v) is 6.10. The van der Waals surface area contributed by atoms with Crippen molar-refractivity contribution < 1.29 is 14.6 Å². The molecule has 1 aliphatic rings. The van der Waals surface area contributed by atoms with Crippen LogP contribution in [0.3, 0.4) is 0 Å². The highest BCUT2D eigenvalue weighted by Gasteiger charge is 2.26. The number of aliphatic hydroxyl groups is 1. The zero-order chi connectivity index (χ0) is 16.1. The number of ether oxygens (including phenoxy) is 1. The highest BCUT2D eigenvalue weighted by Crippen LogP contribution is 2.28. The monoisotopic (exact) mass is 306 g/mol. The molecule has 1 aromatic rings. The van der Waals surface area contributed by atoms with Gasteiger partial charge in [-0.3, -0.25) is 0 Å². The number of carbonyl (C=O) groups excluding carboxylic acids is 1. The second-order valence-electron chi connectivity index (χ2n) is 6.10. The van der Waals surface area contributed by atoms with E-state index in [1.807, 2.05) is 32.2 Å².